The molecule has 0 aromatic heterocycles. The van der Waals surface area contributed by atoms with Crippen LogP contribution in [-0.2, 0) is 0 Å². The Bertz CT molecular complexity index is 172. The molecule has 2 nitrogen and oxygen atoms in total. The van der Waals surface area contributed by atoms with Gasteiger partial charge in [-0.25, -0.2) is 0 Å². The highest BCUT2D eigenvalue weighted by Crippen LogP contribution is 2.05. The summed E-state index contributed by atoms with van der Waals surface area (Å²) in [5.41, 5.74) is 3.64. The van der Waals surface area contributed by atoms with Gasteiger partial charge in [0.25, 0.3) is 0 Å². The first-order valence-corrected chi connectivity index (χ1v) is 3.98. The van der Waals surface area contributed by atoms with Crippen molar-refractivity contribution < 1.29 is 0 Å². The van der Waals surface area contributed by atoms with Crippen LogP contribution in [0.1, 0.15) is 27.2 Å². The molecule has 11 heavy (non-hydrogen) atoms. The minimum atomic E-state index is 1.04. The molecule has 1 N–H and O–H groups in total. The van der Waals surface area contributed by atoms with E-state index in [4.69, 9.17) is 0 Å². The molecular formula is C9H18N2. The highest BCUT2D eigenvalue weighted by atomic mass is 14.8. The van der Waals surface area contributed by atoms with Crippen LogP contribution in [0.2, 0.25) is 0 Å². The molecule has 0 saturated carbocycles. The van der Waals surface area contributed by atoms with E-state index in [1.54, 1.807) is 0 Å². The molecule has 2 heteroatoms. The number of nitrogens with zero attached hydrogens (tertiary/aromatic N) is 1. The molecule has 0 spiro atoms. The molecule has 0 atom stereocenters. The summed E-state index contributed by atoms with van der Waals surface area (Å²) in [6, 6.07) is 0. The highest BCUT2D eigenvalue weighted by Gasteiger charge is 1.99. The molecule has 0 radical (unpaired) electrons. The van der Waals surface area contributed by atoms with Crippen molar-refractivity contribution >= 4 is 5.71 Å². The van der Waals surface area contributed by atoms with Gasteiger partial charge in [0, 0.05) is 25.5 Å². The summed E-state index contributed by atoms with van der Waals surface area (Å²) in [7, 11) is 3.77. The van der Waals surface area contributed by atoms with Crippen LogP contribution in [0, 0.1) is 0 Å². The number of hydrogen-bond acceptors (Lipinski definition) is 2. The van der Waals surface area contributed by atoms with E-state index in [0.717, 1.165) is 12.1 Å². The lowest BCUT2D eigenvalue weighted by molar-refractivity contribution is 0.886. The van der Waals surface area contributed by atoms with Crippen LogP contribution in [0.15, 0.2) is 16.3 Å². The quantitative estimate of drug-likeness (QED) is 0.618. The Hall–Kier alpha value is -0.790. The van der Waals surface area contributed by atoms with Crippen molar-refractivity contribution in [2.45, 2.75) is 27.2 Å². The molecule has 0 fully saturated rings. The normalized spacial score (nSPS) is 14.5. The van der Waals surface area contributed by atoms with Gasteiger partial charge in [-0.1, -0.05) is 6.92 Å². The second kappa shape index (κ2) is 4.94. The number of hydrogen-bond donors (Lipinski definition) is 1. The fraction of sp³-hybridized carbons (Fsp3) is 0.667. The third kappa shape index (κ3) is 2.74. The molecule has 0 saturated heterocycles. The van der Waals surface area contributed by atoms with Gasteiger partial charge in [0.1, 0.15) is 0 Å². The smallest absolute Gasteiger partial charge is 0.0360 e. The Labute approximate surface area is 69.4 Å². The molecule has 0 amide bonds. The Morgan fingerprint density at radius 3 is 2.18 bits per heavy atom. The minimum Gasteiger partial charge on any atom is -0.391 e. The van der Waals surface area contributed by atoms with Gasteiger partial charge in [-0.3, -0.25) is 4.99 Å². The maximum atomic E-state index is 4.12. The van der Waals surface area contributed by atoms with Crippen LogP contribution in [0.5, 0.6) is 0 Å². The number of allylic oxidation sites excluding steroid dienone is 2. The summed E-state index contributed by atoms with van der Waals surface area (Å²) in [6.45, 7) is 6.26. The molecule has 0 aromatic rings. The van der Waals surface area contributed by atoms with E-state index in [1.165, 1.54) is 11.3 Å². The lowest BCUT2D eigenvalue weighted by Gasteiger charge is -2.08. The number of nitrogens with one attached hydrogen (secondary N) is 1. The predicted molar refractivity (Wildman–Crippen MR) is 51.1 cm³/mol. The molecular weight excluding hydrogens is 136 g/mol. The van der Waals surface area contributed by atoms with Crippen LogP contribution in [0.25, 0.3) is 0 Å². The van der Waals surface area contributed by atoms with Crippen LogP contribution in [0.4, 0.5) is 0 Å². The van der Waals surface area contributed by atoms with Crippen molar-refractivity contribution in [3.05, 3.63) is 11.3 Å². The summed E-state index contributed by atoms with van der Waals surface area (Å²) in [5, 5.41) is 3.17. The van der Waals surface area contributed by atoms with Gasteiger partial charge in [-0.05, 0) is 25.8 Å². The largest absolute Gasteiger partial charge is 0.391 e. The van der Waals surface area contributed by atoms with Gasteiger partial charge >= 0.3 is 0 Å². The second-order valence-electron chi connectivity index (χ2n) is 2.52. The van der Waals surface area contributed by atoms with Gasteiger partial charge in [0.2, 0.25) is 0 Å². The predicted octanol–water partition coefficient (Wildman–Crippen LogP) is 1.98. The van der Waals surface area contributed by atoms with Gasteiger partial charge in [-0.15, -0.1) is 0 Å². The Morgan fingerprint density at radius 1 is 1.36 bits per heavy atom. The van der Waals surface area contributed by atoms with E-state index in [1.807, 2.05) is 21.0 Å². The molecule has 0 heterocycles. The first-order chi connectivity index (χ1) is 5.17. The Balaban J connectivity index is 4.61. The third-order valence-corrected chi connectivity index (χ3v) is 1.99. The van der Waals surface area contributed by atoms with Crippen LogP contribution < -0.4 is 5.32 Å². The Morgan fingerprint density at radius 2 is 1.91 bits per heavy atom. The standard InChI is InChI=1S/C9H18N2/c1-6-9(11-5)7(2)8(3)10-4/h11H,6H2,1-5H3/b9-7+,10-8-. The summed E-state index contributed by atoms with van der Waals surface area (Å²) < 4.78 is 0. The van der Waals surface area contributed by atoms with E-state index >= 15 is 0 Å². The van der Waals surface area contributed by atoms with Gasteiger partial charge in [-0.2, -0.15) is 0 Å². The fourth-order valence-corrected chi connectivity index (χ4v) is 1.02. The van der Waals surface area contributed by atoms with Crippen molar-refractivity contribution in [2.75, 3.05) is 14.1 Å². The molecule has 0 rings (SSSR count). The van der Waals surface area contributed by atoms with E-state index < -0.39 is 0 Å². The average molecular weight is 154 g/mol. The first-order valence-electron chi connectivity index (χ1n) is 3.98. The Kier molecular flexibility index (Phi) is 4.59. The summed E-state index contributed by atoms with van der Waals surface area (Å²) in [6.07, 6.45) is 1.04. The van der Waals surface area contributed by atoms with E-state index in [9.17, 15) is 0 Å². The van der Waals surface area contributed by atoms with Crippen LogP contribution >= 0.6 is 0 Å². The van der Waals surface area contributed by atoms with Gasteiger partial charge in [0.05, 0.1) is 0 Å². The molecule has 0 aliphatic rings. The molecule has 0 unspecified atom stereocenters. The summed E-state index contributed by atoms with van der Waals surface area (Å²) in [4.78, 5) is 4.12. The lowest BCUT2D eigenvalue weighted by atomic mass is 10.1. The molecule has 0 bridgehead atoms. The topological polar surface area (TPSA) is 24.4 Å². The zero-order valence-electron chi connectivity index (χ0n) is 8.15. The zero-order valence-corrected chi connectivity index (χ0v) is 8.15. The lowest BCUT2D eigenvalue weighted by Crippen LogP contribution is -2.10. The van der Waals surface area contributed by atoms with Crippen molar-refractivity contribution in [2.24, 2.45) is 4.99 Å². The molecule has 0 aliphatic heterocycles. The average Bonchev–Trinajstić information content (AvgIpc) is 2.05. The zero-order chi connectivity index (χ0) is 8.85. The van der Waals surface area contributed by atoms with E-state index in [2.05, 4.69) is 24.2 Å². The van der Waals surface area contributed by atoms with Gasteiger partial charge in [0.15, 0.2) is 0 Å². The summed E-state index contributed by atoms with van der Waals surface area (Å²) >= 11 is 0. The third-order valence-electron chi connectivity index (χ3n) is 1.99. The monoisotopic (exact) mass is 154 g/mol. The fourth-order valence-electron chi connectivity index (χ4n) is 1.02. The van der Waals surface area contributed by atoms with Crippen molar-refractivity contribution in [3.8, 4) is 0 Å². The maximum absolute atomic E-state index is 4.12. The summed E-state index contributed by atoms with van der Waals surface area (Å²) in [5.74, 6) is 0. The van der Waals surface area contributed by atoms with Crippen LogP contribution in [0.3, 0.4) is 0 Å². The van der Waals surface area contributed by atoms with E-state index in [-0.39, 0.29) is 0 Å². The maximum Gasteiger partial charge on any atom is 0.0360 e. The highest BCUT2D eigenvalue weighted by molar-refractivity contribution is 5.98. The van der Waals surface area contributed by atoms with Gasteiger partial charge < -0.3 is 5.32 Å². The number of rotatable bonds is 3. The number of aliphatic imine (C=N–C) groups is 1. The minimum absolute atomic E-state index is 1.04. The van der Waals surface area contributed by atoms with Crippen molar-refractivity contribution in [3.63, 3.8) is 0 Å². The van der Waals surface area contributed by atoms with Crippen molar-refractivity contribution in [1.82, 2.24) is 5.32 Å². The molecule has 64 valence electrons. The van der Waals surface area contributed by atoms with E-state index in [0.29, 0.717) is 0 Å². The second-order valence-corrected chi connectivity index (χ2v) is 2.52. The van der Waals surface area contributed by atoms with Crippen molar-refractivity contribution in [1.29, 1.82) is 0 Å². The SMILES string of the molecule is CC/C(NC)=C(C)\C(C)=N/C. The van der Waals surface area contributed by atoms with Crippen LogP contribution in [-0.4, -0.2) is 19.8 Å². The molecule has 0 aliphatic carbocycles. The molecule has 0 aromatic carbocycles. The first kappa shape index (κ1) is 10.2.